The normalized spacial score (nSPS) is 22.3. The minimum absolute atomic E-state index is 0.00958. The van der Waals surface area contributed by atoms with Crippen molar-refractivity contribution in [3.63, 3.8) is 0 Å². The first kappa shape index (κ1) is 34.6. The molecule has 3 aliphatic heterocycles. The lowest BCUT2D eigenvalue weighted by molar-refractivity contribution is -0.0426. The van der Waals surface area contributed by atoms with Crippen LogP contribution in [0, 0.1) is 12.8 Å². The Balaban J connectivity index is 0.000000164. The van der Waals surface area contributed by atoms with Crippen LogP contribution in [0.1, 0.15) is 67.6 Å². The molecule has 2 bridgehead atoms. The Hall–Kier alpha value is -3.74. The van der Waals surface area contributed by atoms with Gasteiger partial charge in [0.15, 0.2) is 5.43 Å². The molecular weight excluding hydrogens is 622 g/mol. The molecule has 252 valence electrons. The van der Waals surface area contributed by atoms with Crippen molar-refractivity contribution >= 4 is 21.4 Å². The summed E-state index contributed by atoms with van der Waals surface area (Å²) in [6, 6.07) is 25.8. The third-order valence-corrected chi connectivity index (χ3v) is 9.18. The average Bonchev–Trinajstić information content (AvgIpc) is 3.16. The predicted octanol–water partition coefficient (Wildman–Crippen LogP) is 6.53. The van der Waals surface area contributed by atoms with E-state index in [1.54, 1.807) is 13.0 Å². The lowest BCUT2D eigenvalue weighted by atomic mass is 9.97. The molecule has 3 atom stereocenters. The minimum Gasteiger partial charge on any atom is -0.507 e. The van der Waals surface area contributed by atoms with Gasteiger partial charge in [-0.2, -0.15) is 8.42 Å². The second kappa shape index (κ2) is 15.0. The molecular formula is C36H43NO9S. The summed E-state index contributed by atoms with van der Waals surface area (Å²) in [5.41, 5.74) is 3.40. The second-order valence-corrected chi connectivity index (χ2v) is 13.6. The van der Waals surface area contributed by atoms with Gasteiger partial charge in [-0.3, -0.25) is 13.9 Å². The smallest absolute Gasteiger partial charge is 0.394 e. The van der Waals surface area contributed by atoms with Gasteiger partial charge in [0.1, 0.15) is 34.3 Å². The van der Waals surface area contributed by atoms with E-state index in [0.29, 0.717) is 59.8 Å². The molecule has 3 unspecified atom stereocenters. The van der Waals surface area contributed by atoms with Gasteiger partial charge in [0.2, 0.25) is 0 Å². The van der Waals surface area contributed by atoms with E-state index in [4.69, 9.17) is 31.4 Å². The number of aromatic hydroxyl groups is 1. The lowest BCUT2D eigenvalue weighted by Crippen LogP contribution is -2.43. The number of nitrogens with zero attached hydrogens (tertiary/aromatic N) is 1. The van der Waals surface area contributed by atoms with Crippen molar-refractivity contribution in [2.24, 2.45) is 5.92 Å². The zero-order valence-electron chi connectivity index (χ0n) is 26.9. The van der Waals surface area contributed by atoms with Crippen LogP contribution in [-0.4, -0.2) is 59.4 Å². The van der Waals surface area contributed by atoms with E-state index >= 15 is 0 Å². The van der Waals surface area contributed by atoms with Crippen LogP contribution in [0.4, 0.5) is 0 Å². The highest BCUT2D eigenvalue weighted by Gasteiger charge is 2.39. The van der Waals surface area contributed by atoms with E-state index in [0.717, 1.165) is 6.42 Å². The van der Waals surface area contributed by atoms with Gasteiger partial charge in [-0.15, -0.1) is 0 Å². The Morgan fingerprint density at radius 1 is 0.915 bits per heavy atom. The number of hydrogen-bond acceptors (Lipinski definition) is 8. The molecule has 7 rings (SSSR count). The Kier molecular flexibility index (Phi) is 11.0. The molecule has 3 aromatic carbocycles. The van der Waals surface area contributed by atoms with Crippen LogP contribution >= 0.6 is 0 Å². The number of piperidine rings is 1. The Morgan fingerprint density at radius 2 is 1.47 bits per heavy atom. The molecule has 11 heteroatoms. The maximum absolute atomic E-state index is 12.0. The fraction of sp³-hybridized carbons (Fsp3) is 0.417. The van der Waals surface area contributed by atoms with Gasteiger partial charge in [0.05, 0.1) is 12.7 Å². The number of phenolic OH excluding ortho intramolecular Hbond substituents is 1. The van der Waals surface area contributed by atoms with Gasteiger partial charge in [0, 0.05) is 29.8 Å². The van der Waals surface area contributed by atoms with Crippen LogP contribution < -0.4 is 10.2 Å². The Bertz CT molecular complexity index is 1750. The van der Waals surface area contributed by atoms with Crippen molar-refractivity contribution in [2.75, 3.05) is 13.7 Å². The molecule has 1 aromatic heterocycles. The summed E-state index contributed by atoms with van der Waals surface area (Å²) in [7, 11) is -2.38. The van der Waals surface area contributed by atoms with Crippen molar-refractivity contribution in [3.05, 3.63) is 105 Å². The van der Waals surface area contributed by atoms with E-state index in [2.05, 4.69) is 79.5 Å². The van der Waals surface area contributed by atoms with Crippen LogP contribution in [-0.2, 0) is 21.6 Å². The number of benzene rings is 3. The van der Waals surface area contributed by atoms with Gasteiger partial charge in [-0.25, -0.2) is 0 Å². The van der Waals surface area contributed by atoms with Crippen LogP contribution in [0.2, 0.25) is 0 Å². The monoisotopic (exact) mass is 665 g/mol. The summed E-state index contributed by atoms with van der Waals surface area (Å²) in [5, 5.41) is 10.6. The molecule has 47 heavy (non-hydrogen) atoms. The summed E-state index contributed by atoms with van der Waals surface area (Å²) in [6.07, 6.45) is 7.07. The zero-order chi connectivity index (χ0) is 33.7. The lowest BCUT2D eigenvalue weighted by Gasteiger charge is -2.38. The fourth-order valence-electron chi connectivity index (χ4n) is 6.79. The number of fused-ring (bicyclic) bond motifs is 4. The quantitative estimate of drug-likeness (QED) is 0.206. The fourth-order valence-corrected chi connectivity index (χ4v) is 6.79. The van der Waals surface area contributed by atoms with Crippen LogP contribution in [0.3, 0.4) is 0 Å². The number of rotatable bonds is 4. The predicted molar refractivity (Wildman–Crippen MR) is 179 cm³/mol. The van der Waals surface area contributed by atoms with E-state index in [9.17, 15) is 9.90 Å². The molecule has 0 radical (unpaired) electrons. The van der Waals surface area contributed by atoms with Crippen LogP contribution in [0.25, 0.3) is 11.0 Å². The van der Waals surface area contributed by atoms with Gasteiger partial charge < -0.3 is 23.9 Å². The molecule has 0 aliphatic carbocycles. The molecule has 3 N–H and O–H groups in total. The standard InChI is InChI=1S/C21H25NO.C15H16O4.H2O4S/c1-22-18-12-13-19(22)15-20(14-18)23-21(16-8-4-2-5-9-16)17-10-6-3-7-11-17;1-8-3-4-10-12(18-7-8)6-13-14(15(10)17)11(16)5-9(2)19-13;1-5(2,3)4/h2-11,18-21H,12-15H2,1H3;5-6,8,17H,3-4,7H2,1-2H3;(H2,1,2,3,4). The molecule has 2 saturated heterocycles. The molecule has 4 aromatic rings. The number of aryl methyl sites for hydroxylation is 1. The van der Waals surface area contributed by atoms with Gasteiger partial charge in [-0.05, 0) is 69.5 Å². The van der Waals surface area contributed by atoms with Crippen molar-refractivity contribution in [1.82, 2.24) is 4.90 Å². The zero-order valence-corrected chi connectivity index (χ0v) is 27.7. The third kappa shape index (κ3) is 9.00. The molecule has 0 spiro atoms. The summed E-state index contributed by atoms with van der Waals surface area (Å²) in [6.45, 7) is 4.44. The maximum atomic E-state index is 12.0. The van der Waals surface area contributed by atoms with E-state index in [1.165, 1.54) is 42.9 Å². The molecule has 0 amide bonds. The summed E-state index contributed by atoms with van der Waals surface area (Å²) >= 11 is 0. The molecule has 4 heterocycles. The minimum atomic E-state index is -4.67. The Morgan fingerprint density at radius 3 is 2.02 bits per heavy atom. The first-order valence-corrected chi connectivity index (χ1v) is 17.4. The summed E-state index contributed by atoms with van der Waals surface area (Å²) < 4.78 is 49.5. The maximum Gasteiger partial charge on any atom is 0.394 e. The first-order valence-electron chi connectivity index (χ1n) is 16.0. The van der Waals surface area contributed by atoms with Gasteiger partial charge in [-0.1, -0.05) is 67.6 Å². The van der Waals surface area contributed by atoms with Gasteiger partial charge >= 0.3 is 10.4 Å². The number of hydrogen-bond donors (Lipinski definition) is 3. The summed E-state index contributed by atoms with van der Waals surface area (Å²) in [5.74, 6) is 1.59. The number of ether oxygens (including phenoxy) is 2. The van der Waals surface area contributed by atoms with Crippen molar-refractivity contribution in [2.45, 2.75) is 76.7 Å². The Labute approximate surface area is 275 Å². The highest BCUT2D eigenvalue weighted by Crippen LogP contribution is 2.39. The highest BCUT2D eigenvalue weighted by molar-refractivity contribution is 7.79. The largest absolute Gasteiger partial charge is 0.507 e. The van der Waals surface area contributed by atoms with Crippen molar-refractivity contribution < 1.29 is 36.5 Å². The van der Waals surface area contributed by atoms with Crippen molar-refractivity contribution in [3.8, 4) is 11.5 Å². The molecule has 3 aliphatic rings. The highest BCUT2D eigenvalue weighted by atomic mass is 32.3. The van der Waals surface area contributed by atoms with Gasteiger partial charge in [0.25, 0.3) is 0 Å². The van der Waals surface area contributed by atoms with E-state index in [1.807, 2.05) is 0 Å². The number of phenols is 1. The average molecular weight is 666 g/mol. The second-order valence-electron chi connectivity index (χ2n) is 12.7. The molecule has 0 saturated carbocycles. The molecule has 10 nitrogen and oxygen atoms in total. The topological polar surface area (TPSA) is 147 Å². The first-order chi connectivity index (χ1) is 22.4. The third-order valence-electron chi connectivity index (χ3n) is 9.18. The van der Waals surface area contributed by atoms with Crippen molar-refractivity contribution in [1.29, 1.82) is 0 Å². The van der Waals surface area contributed by atoms with Crippen LogP contribution in [0.5, 0.6) is 11.5 Å². The SMILES string of the molecule is CN1C2CCC1CC(OC(c1ccccc1)c1ccccc1)C2.Cc1cc(=O)c2c(O)c3c(cc2o1)OCC(C)CC3.O=S(=O)(O)O. The van der Waals surface area contributed by atoms with Crippen LogP contribution in [0.15, 0.2) is 82.0 Å². The van der Waals surface area contributed by atoms with E-state index < -0.39 is 10.4 Å². The summed E-state index contributed by atoms with van der Waals surface area (Å²) in [4.78, 5) is 14.6. The van der Waals surface area contributed by atoms with E-state index in [-0.39, 0.29) is 22.7 Å². The molecule has 2 fully saturated rings.